The molecule has 2 saturated heterocycles. The second-order valence-electron chi connectivity index (χ2n) is 8.87. The molecule has 8 nitrogen and oxygen atoms in total. The molecule has 0 radical (unpaired) electrons. The molecule has 3 rings (SSSR count). The van der Waals surface area contributed by atoms with E-state index in [0.29, 0.717) is 12.3 Å². The summed E-state index contributed by atoms with van der Waals surface area (Å²) in [6.45, 7) is 2.24. The summed E-state index contributed by atoms with van der Waals surface area (Å²) in [5.74, 6) is 0.143. The number of thioether (sulfide) groups is 1. The van der Waals surface area contributed by atoms with Gasteiger partial charge in [-0.1, -0.05) is 30.3 Å². The number of hydrogen-bond acceptors (Lipinski definition) is 8. The smallest absolute Gasteiger partial charge is 0.237 e. The van der Waals surface area contributed by atoms with Gasteiger partial charge in [0.1, 0.15) is 29.9 Å². The van der Waals surface area contributed by atoms with Crippen LogP contribution in [-0.4, -0.2) is 87.2 Å². The minimum atomic E-state index is -1.44. The lowest BCUT2D eigenvalue weighted by Crippen LogP contribution is -2.66. The summed E-state index contributed by atoms with van der Waals surface area (Å²) in [6, 6.07) is 8.95. The number of aliphatic hydroxyl groups excluding tert-OH is 4. The molecule has 9 atom stereocenters. The molecule has 0 bridgehead atoms. The lowest BCUT2D eigenvalue weighted by Gasteiger charge is -2.44. The van der Waals surface area contributed by atoms with Gasteiger partial charge in [-0.3, -0.25) is 4.79 Å². The van der Waals surface area contributed by atoms with E-state index in [-0.39, 0.29) is 5.91 Å². The molecule has 0 spiro atoms. The number of hydrogen-bond donors (Lipinski definition) is 6. The highest BCUT2D eigenvalue weighted by Gasteiger charge is 2.48. The molecule has 1 aromatic carbocycles. The Morgan fingerprint density at radius 2 is 1.94 bits per heavy atom. The molecular weight excluding hydrogens is 432 g/mol. The van der Waals surface area contributed by atoms with Crippen LogP contribution in [0, 0.1) is 5.92 Å². The van der Waals surface area contributed by atoms with Crippen molar-refractivity contribution in [1.29, 1.82) is 0 Å². The van der Waals surface area contributed by atoms with Crippen molar-refractivity contribution in [2.24, 2.45) is 5.92 Å². The van der Waals surface area contributed by atoms with Crippen molar-refractivity contribution < 1.29 is 30.0 Å². The average Bonchev–Trinajstić information content (AvgIpc) is 2.81. The van der Waals surface area contributed by atoms with Gasteiger partial charge in [0.15, 0.2) is 0 Å². The number of carbonyl (C=O) groups is 1. The summed E-state index contributed by atoms with van der Waals surface area (Å²) < 4.78 is 5.76. The SMILES string of the molecule is CS[C@H]1O[C@H]([C@H](NC(=O)C2CC(CCc3ccccc3)CCN2)[C@H](C)O)[C@H](O)[C@H](O)[C@H]1O. The van der Waals surface area contributed by atoms with Crippen molar-refractivity contribution in [3.8, 4) is 0 Å². The Hall–Kier alpha value is -1.20. The standard InChI is InChI=1S/C23H36N2O6S/c1-13(26)17(21-19(28)18(27)20(29)23(31-21)32-2)25-22(30)16-12-15(10-11-24-16)9-8-14-6-4-3-5-7-14/h3-7,13,15-21,23-24,26-29H,8-12H2,1-2H3,(H,25,30)/t13-,15?,16?,17+,18-,19+,20+,21+,23+/m0/s1. The third-order valence-electron chi connectivity index (χ3n) is 6.53. The van der Waals surface area contributed by atoms with Crippen molar-refractivity contribution in [2.45, 2.75) is 80.6 Å². The Kier molecular flexibility index (Phi) is 9.36. The fourth-order valence-electron chi connectivity index (χ4n) is 4.58. The summed E-state index contributed by atoms with van der Waals surface area (Å²) in [5.41, 5.74) is 0.514. The molecule has 2 heterocycles. The summed E-state index contributed by atoms with van der Waals surface area (Å²) >= 11 is 1.19. The second kappa shape index (κ2) is 11.8. The average molecular weight is 469 g/mol. The van der Waals surface area contributed by atoms with Gasteiger partial charge in [-0.05, 0) is 56.9 Å². The van der Waals surface area contributed by atoms with E-state index in [1.807, 2.05) is 18.2 Å². The topological polar surface area (TPSA) is 131 Å². The fraction of sp³-hybridized carbons (Fsp3) is 0.696. The van der Waals surface area contributed by atoms with Crippen LogP contribution in [-0.2, 0) is 16.0 Å². The minimum Gasteiger partial charge on any atom is -0.391 e. The number of aryl methyl sites for hydroxylation is 1. The Morgan fingerprint density at radius 1 is 1.22 bits per heavy atom. The highest BCUT2D eigenvalue weighted by molar-refractivity contribution is 7.99. The molecule has 6 N–H and O–H groups in total. The monoisotopic (exact) mass is 468 g/mol. The zero-order chi connectivity index (χ0) is 23.3. The quantitative estimate of drug-likeness (QED) is 0.315. The molecule has 32 heavy (non-hydrogen) atoms. The molecule has 2 aliphatic rings. The molecule has 1 amide bonds. The Labute approximate surface area is 193 Å². The largest absolute Gasteiger partial charge is 0.391 e. The second-order valence-corrected chi connectivity index (χ2v) is 9.81. The van der Waals surface area contributed by atoms with Crippen LogP contribution in [0.1, 0.15) is 31.7 Å². The molecule has 2 aliphatic heterocycles. The van der Waals surface area contributed by atoms with Crippen molar-refractivity contribution in [3.63, 3.8) is 0 Å². The van der Waals surface area contributed by atoms with Gasteiger partial charge in [0.2, 0.25) is 5.91 Å². The number of benzene rings is 1. The van der Waals surface area contributed by atoms with Crippen LogP contribution >= 0.6 is 11.8 Å². The molecule has 9 heteroatoms. The zero-order valence-corrected chi connectivity index (χ0v) is 19.4. The third-order valence-corrected chi connectivity index (χ3v) is 7.39. The maximum atomic E-state index is 13.0. The predicted octanol–water partition coefficient (Wildman–Crippen LogP) is 0.0236. The molecule has 0 aromatic heterocycles. The summed E-state index contributed by atoms with van der Waals surface area (Å²) in [7, 11) is 0. The van der Waals surface area contributed by atoms with E-state index in [1.165, 1.54) is 24.2 Å². The number of ether oxygens (including phenoxy) is 1. The van der Waals surface area contributed by atoms with E-state index < -0.39 is 48.0 Å². The molecular formula is C23H36N2O6S. The van der Waals surface area contributed by atoms with Gasteiger partial charge in [0.05, 0.1) is 18.2 Å². The highest BCUT2D eigenvalue weighted by atomic mass is 32.2. The van der Waals surface area contributed by atoms with E-state index in [4.69, 9.17) is 4.74 Å². The maximum Gasteiger partial charge on any atom is 0.237 e. The van der Waals surface area contributed by atoms with E-state index in [2.05, 4.69) is 22.8 Å². The maximum absolute atomic E-state index is 13.0. The number of aliphatic hydroxyl groups is 4. The Balaban J connectivity index is 1.60. The van der Waals surface area contributed by atoms with E-state index >= 15 is 0 Å². The summed E-state index contributed by atoms with van der Waals surface area (Å²) in [5, 5.41) is 47.2. The van der Waals surface area contributed by atoms with Gasteiger partial charge in [-0.15, -0.1) is 11.8 Å². The number of carbonyl (C=O) groups excluding carboxylic acids is 1. The van der Waals surface area contributed by atoms with Crippen LogP contribution in [0.15, 0.2) is 30.3 Å². The first kappa shape index (κ1) is 25.4. The highest BCUT2D eigenvalue weighted by Crippen LogP contribution is 2.30. The van der Waals surface area contributed by atoms with Gasteiger partial charge in [-0.2, -0.15) is 0 Å². The number of nitrogens with one attached hydrogen (secondary N) is 2. The normalized spacial score (nSPS) is 35.1. The molecule has 0 aliphatic carbocycles. The van der Waals surface area contributed by atoms with Crippen molar-refractivity contribution in [2.75, 3.05) is 12.8 Å². The summed E-state index contributed by atoms with van der Waals surface area (Å²) in [6.07, 6.45) is -0.833. The first-order valence-electron chi connectivity index (χ1n) is 11.3. The van der Waals surface area contributed by atoms with E-state index in [0.717, 1.165) is 25.8 Å². The minimum absolute atomic E-state index is 0.266. The number of amides is 1. The van der Waals surface area contributed by atoms with Crippen LogP contribution in [0.25, 0.3) is 0 Å². The fourth-order valence-corrected chi connectivity index (χ4v) is 5.26. The Bertz CT molecular complexity index is 722. The predicted molar refractivity (Wildman–Crippen MR) is 123 cm³/mol. The third kappa shape index (κ3) is 6.22. The molecule has 2 fully saturated rings. The lowest BCUT2D eigenvalue weighted by atomic mass is 9.86. The van der Waals surface area contributed by atoms with E-state index in [9.17, 15) is 25.2 Å². The first-order chi connectivity index (χ1) is 15.3. The van der Waals surface area contributed by atoms with Crippen molar-refractivity contribution in [1.82, 2.24) is 10.6 Å². The van der Waals surface area contributed by atoms with Gasteiger partial charge in [0.25, 0.3) is 0 Å². The lowest BCUT2D eigenvalue weighted by molar-refractivity contribution is -0.211. The molecule has 0 saturated carbocycles. The van der Waals surface area contributed by atoms with Crippen LogP contribution < -0.4 is 10.6 Å². The van der Waals surface area contributed by atoms with Gasteiger partial charge >= 0.3 is 0 Å². The van der Waals surface area contributed by atoms with Crippen LogP contribution in [0.2, 0.25) is 0 Å². The molecule has 1 aromatic rings. The van der Waals surface area contributed by atoms with E-state index in [1.54, 1.807) is 6.26 Å². The van der Waals surface area contributed by atoms with Crippen molar-refractivity contribution in [3.05, 3.63) is 35.9 Å². The summed E-state index contributed by atoms with van der Waals surface area (Å²) in [4.78, 5) is 13.0. The van der Waals surface area contributed by atoms with Gasteiger partial charge in [-0.25, -0.2) is 0 Å². The van der Waals surface area contributed by atoms with Crippen molar-refractivity contribution >= 4 is 17.7 Å². The zero-order valence-electron chi connectivity index (χ0n) is 18.6. The van der Waals surface area contributed by atoms with Gasteiger partial charge in [0, 0.05) is 0 Å². The Morgan fingerprint density at radius 3 is 2.59 bits per heavy atom. The molecule has 180 valence electrons. The van der Waals surface area contributed by atoms with Crippen LogP contribution in [0.5, 0.6) is 0 Å². The first-order valence-corrected chi connectivity index (χ1v) is 12.6. The number of piperidine rings is 1. The van der Waals surface area contributed by atoms with Crippen LogP contribution in [0.3, 0.4) is 0 Å². The molecule has 2 unspecified atom stereocenters. The number of rotatable bonds is 8. The van der Waals surface area contributed by atoms with Crippen LogP contribution in [0.4, 0.5) is 0 Å². The van der Waals surface area contributed by atoms with Gasteiger partial charge < -0.3 is 35.8 Å².